The number of carbonyl (C=O) groups is 4. The van der Waals surface area contributed by atoms with Gasteiger partial charge in [0.2, 0.25) is 17.7 Å². The number of carboxylic acids is 1. The van der Waals surface area contributed by atoms with Crippen molar-refractivity contribution in [1.29, 1.82) is 0 Å². The first kappa shape index (κ1) is 24.2. The van der Waals surface area contributed by atoms with Gasteiger partial charge in [-0.15, -0.1) is 0 Å². The first-order valence-corrected chi connectivity index (χ1v) is 10.9. The summed E-state index contributed by atoms with van der Waals surface area (Å²) in [4.78, 5) is 50.2. The number of aliphatic carboxylic acids is 1. The molecule has 3 unspecified atom stereocenters. The number of likely N-dealkylation sites (tertiary alicyclic amines) is 1. The second-order valence-electron chi connectivity index (χ2n) is 7.32. The molecule has 1 saturated heterocycles. The van der Waals surface area contributed by atoms with Gasteiger partial charge in [-0.25, -0.2) is 4.79 Å². The Morgan fingerprint density at radius 2 is 1.89 bits per heavy atom. The number of hydrogen-bond acceptors (Lipinski definition) is 6. The van der Waals surface area contributed by atoms with Gasteiger partial charge in [0.05, 0.1) is 6.54 Å². The van der Waals surface area contributed by atoms with Gasteiger partial charge in [0.1, 0.15) is 18.1 Å². The lowest BCUT2D eigenvalue weighted by atomic mass is 10.0. The number of thioether (sulfide) groups is 1. The molecular weight excluding hydrogens is 384 g/mol. The van der Waals surface area contributed by atoms with Crippen LogP contribution in [-0.2, 0) is 19.2 Å². The van der Waals surface area contributed by atoms with Gasteiger partial charge in [-0.2, -0.15) is 11.8 Å². The Hall–Kier alpha value is -1.81. The first-order chi connectivity index (χ1) is 13.2. The van der Waals surface area contributed by atoms with E-state index in [1.807, 2.05) is 20.1 Å². The van der Waals surface area contributed by atoms with Crippen LogP contribution in [0.3, 0.4) is 0 Å². The Morgan fingerprint density at radius 1 is 1.21 bits per heavy atom. The van der Waals surface area contributed by atoms with E-state index in [-0.39, 0.29) is 18.4 Å². The highest BCUT2D eigenvalue weighted by atomic mass is 32.2. The van der Waals surface area contributed by atoms with Crippen LogP contribution in [0.15, 0.2) is 0 Å². The highest BCUT2D eigenvalue weighted by Crippen LogP contribution is 2.21. The minimum Gasteiger partial charge on any atom is -0.480 e. The van der Waals surface area contributed by atoms with Crippen molar-refractivity contribution in [3.8, 4) is 0 Å². The normalized spacial score (nSPS) is 18.6. The number of nitrogens with zero attached hydrogens (tertiary/aromatic N) is 1. The van der Waals surface area contributed by atoms with E-state index in [0.29, 0.717) is 38.0 Å². The molecule has 1 aliphatic heterocycles. The molecule has 0 radical (unpaired) electrons. The summed E-state index contributed by atoms with van der Waals surface area (Å²) in [5.41, 5.74) is 5.34. The van der Waals surface area contributed by atoms with E-state index in [2.05, 4.69) is 10.6 Å². The minimum absolute atomic E-state index is 0.157. The molecule has 3 amide bonds. The van der Waals surface area contributed by atoms with Crippen molar-refractivity contribution in [2.24, 2.45) is 11.7 Å². The molecule has 0 aromatic heterocycles. The average Bonchev–Trinajstić information content (AvgIpc) is 3.12. The Bertz CT molecular complexity index is 572. The van der Waals surface area contributed by atoms with Crippen molar-refractivity contribution < 1.29 is 24.3 Å². The summed E-state index contributed by atoms with van der Waals surface area (Å²) >= 11 is 1.50. The first-order valence-electron chi connectivity index (χ1n) is 9.53. The number of carbonyl (C=O) groups excluding carboxylic acids is 3. The lowest BCUT2D eigenvalue weighted by molar-refractivity contribution is -0.145. The van der Waals surface area contributed by atoms with Crippen LogP contribution < -0.4 is 16.4 Å². The van der Waals surface area contributed by atoms with Gasteiger partial charge in [-0.1, -0.05) is 13.8 Å². The van der Waals surface area contributed by atoms with Crippen molar-refractivity contribution in [2.75, 3.05) is 25.1 Å². The maximum atomic E-state index is 13.0. The van der Waals surface area contributed by atoms with Crippen LogP contribution in [0, 0.1) is 5.92 Å². The lowest BCUT2D eigenvalue weighted by Gasteiger charge is -2.30. The Morgan fingerprint density at radius 3 is 2.43 bits per heavy atom. The molecular formula is C18H32N4O5S. The van der Waals surface area contributed by atoms with Crippen molar-refractivity contribution in [3.05, 3.63) is 0 Å². The third-order valence-corrected chi connectivity index (χ3v) is 5.23. The van der Waals surface area contributed by atoms with Gasteiger partial charge in [-0.05, 0) is 43.6 Å². The van der Waals surface area contributed by atoms with Gasteiger partial charge < -0.3 is 26.4 Å². The molecule has 3 atom stereocenters. The van der Waals surface area contributed by atoms with E-state index >= 15 is 0 Å². The second kappa shape index (κ2) is 11.9. The summed E-state index contributed by atoms with van der Waals surface area (Å²) in [6, 6.07) is -2.47. The molecule has 160 valence electrons. The zero-order chi connectivity index (χ0) is 21.3. The van der Waals surface area contributed by atoms with E-state index in [1.54, 1.807) is 0 Å². The number of rotatable bonds is 11. The molecule has 0 saturated carbocycles. The van der Waals surface area contributed by atoms with Gasteiger partial charge in [0, 0.05) is 6.54 Å². The largest absolute Gasteiger partial charge is 0.480 e. The summed E-state index contributed by atoms with van der Waals surface area (Å²) < 4.78 is 0. The maximum Gasteiger partial charge on any atom is 0.326 e. The number of hydrogen-bond donors (Lipinski definition) is 4. The van der Waals surface area contributed by atoms with Crippen molar-refractivity contribution >= 4 is 35.5 Å². The Labute approximate surface area is 170 Å². The fourth-order valence-electron chi connectivity index (χ4n) is 3.21. The molecule has 5 N–H and O–H groups in total. The molecule has 0 aromatic rings. The average molecular weight is 417 g/mol. The van der Waals surface area contributed by atoms with E-state index in [0.717, 1.165) is 0 Å². The summed E-state index contributed by atoms with van der Waals surface area (Å²) in [6.07, 6.45) is 3.71. The van der Waals surface area contributed by atoms with Gasteiger partial charge in [-0.3, -0.25) is 14.4 Å². The molecule has 9 nitrogen and oxygen atoms in total. The Balaban J connectivity index is 2.87. The van der Waals surface area contributed by atoms with Crippen LogP contribution in [0.2, 0.25) is 0 Å². The van der Waals surface area contributed by atoms with Crippen LogP contribution in [0.5, 0.6) is 0 Å². The number of nitrogens with two attached hydrogens (primary N) is 1. The molecule has 1 aliphatic rings. The number of amides is 3. The van der Waals surface area contributed by atoms with Crippen molar-refractivity contribution in [2.45, 2.75) is 57.7 Å². The number of carboxylic acid groups (broad SMARTS) is 1. The second-order valence-corrected chi connectivity index (χ2v) is 8.31. The maximum absolute atomic E-state index is 13.0. The van der Waals surface area contributed by atoms with Gasteiger partial charge in [0.25, 0.3) is 0 Å². The quantitative estimate of drug-likeness (QED) is 0.365. The van der Waals surface area contributed by atoms with Gasteiger partial charge >= 0.3 is 5.97 Å². The fraction of sp³-hybridized carbons (Fsp3) is 0.778. The molecule has 28 heavy (non-hydrogen) atoms. The molecule has 0 aromatic carbocycles. The van der Waals surface area contributed by atoms with Crippen molar-refractivity contribution in [3.63, 3.8) is 0 Å². The predicted octanol–water partition coefficient (Wildman–Crippen LogP) is -0.210. The molecule has 0 aliphatic carbocycles. The topological polar surface area (TPSA) is 142 Å². The van der Waals surface area contributed by atoms with E-state index < -0.39 is 35.9 Å². The highest BCUT2D eigenvalue weighted by Gasteiger charge is 2.38. The van der Waals surface area contributed by atoms with E-state index in [1.165, 1.54) is 16.7 Å². The predicted molar refractivity (Wildman–Crippen MR) is 108 cm³/mol. The third kappa shape index (κ3) is 7.31. The zero-order valence-electron chi connectivity index (χ0n) is 16.8. The molecule has 1 fully saturated rings. The minimum atomic E-state index is -1.09. The molecule has 0 bridgehead atoms. The van der Waals surface area contributed by atoms with E-state index in [9.17, 15) is 24.3 Å². The van der Waals surface area contributed by atoms with Crippen LogP contribution >= 0.6 is 11.8 Å². The smallest absolute Gasteiger partial charge is 0.326 e. The van der Waals surface area contributed by atoms with Crippen LogP contribution in [-0.4, -0.2) is 76.9 Å². The van der Waals surface area contributed by atoms with Crippen LogP contribution in [0.25, 0.3) is 0 Å². The van der Waals surface area contributed by atoms with Gasteiger partial charge in [0.15, 0.2) is 0 Å². The molecule has 1 rings (SSSR count). The standard InChI is InChI=1S/C18H32N4O5S/c1-11(2)9-13(20-15(23)10-19)17(25)22-7-4-5-14(22)16(24)21-12(18(26)27)6-8-28-3/h11-14H,4-10,19H2,1-3H3,(H,20,23)(H,21,24)(H,26,27). The Kier molecular flexibility index (Phi) is 10.3. The summed E-state index contributed by atoms with van der Waals surface area (Å²) in [5.74, 6) is -1.55. The SMILES string of the molecule is CSCCC(NC(=O)C1CCCN1C(=O)C(CC(C)C)NC(=O)CN)C(=O)O. The van der Waals surface area contributed by atoms with E-state index in [4.69, 9.17) is 5.73 Å². The monoisotopic (exact) mass is 416 g/mol. The van der Waals surface area contributed by atoms with Crippen LogP contribution in [0.4, 0.5) is 0 Å². The lowest BCUT2D eigenvalue weighted by Crippen LogP contribution is -2.56. The van der Waals surface area contributed by atoms with Crippen molar-refractivity contribution in [1.82, 2.24) is 15.5 Å². The summed E-state index contributed by atoms with van der Waals surface area (Å²) in [6.45, 7) is 4.05. The summed E-state index contributed by atoms with van der Waals surface area (Å²) in [5, 5.41) is 14.5. The highest BCUT2D eigenvalue weighted by molar-refractivity contribution is 7.98. The third-order valence-electron chi connectivity index (χ3n) is 4.59. The molecule has 10 heteroatoms. The molecule has 1 heterocycles. The zero-order valence-corrected chi connectivity index (χ0v) is 17.6. The number of nitrogens with one attached hydrogen (secondary N) is 2. The van der Waals surface area contributed by atoms with Crippen LogP contribution in [0.1, 0.15) is 39.5 Å². The molecule has 0 spiro atoms. The fourth-order valence-corrected chi connectivity index (χ4v) is 3.68. The summed E-state index contributed by atoms with van der Waals surface area (Å²) in [7, 11) is 0.